The average Bonchev–Trinajstić information content (AvgIpc) is 2.15. The number of pyridine rings is 1. The van der Waals surface area contributed by atoms with Crippen LogP contribution in [0.25, 0.3) is 0 Å². The lowest BCUT2D eigenvalue weighted by Gasteiger charge is -1.91. The third kappa shape index (κ3) is 2.20. The Morgan fingerprint density at radius 1 is 1.58 bits per heavy atom. The molecule has 0 aromatic carbocycles. The number of nitrogens with zero attached hydrogens (tertiary/aromatic N) is 1. The number of nitrogens with one attached hydrogen (secondary N) is 1. The summed E-state index contributed by atoms with van der Waals surface area (Å²) in [6, 6.07) is 5.24. The van der Waals surface area contributed by atoms with E-state index >= 15 is 0 Å². The predicted molar refractivity (Wildman–Crippen MR) is 46.8 cm³/mol. The molecule has 62 valence electrons. The van der Waals surface area contributed by atoms with Crippen molar-refractivity contribution in [1.29, 1.82) is 0 Å². The van der Waals surface area contributed by atoms with E-state index in [1.54, 1.807) is 37.6 Å². The quantitative estimate of drug-likeness (QED) is 0.532. The van der Waals surface area contributed by atoms with Crippen LogP contribution in [0.1, 0.15) is 10.5 Å². The first-order chi connectivity index (χ1) is 5.84. The maximum absolute atomic E-state index is 11.2. The Kier molecular flexibility index (Phi) is 3.02. The molecule has 1 aromatic heterocycles. The Balaban J connectivity index is 2.72. The highest BCUT2D eigenvalue weighted by Gasteiger charge is 1.99. The van der Waals surface area contributed by atoms with Crippen molar-refractivity contribution in [2.75, 3.05) is 7.05 Å². The molecule has 0 aliphatic rings. The third-order valence-electron chi connectivity index (χ3n) is 1.32. The van der Waals surface area contributed by atoms with Gasteiger partial charge in [-0.05, 0) is 12.1 Å². The summed E-state index contributed by atoms with van der Waals surface area (Å²) in [5.74, 6) is -0.0926. The highest BCUT2D eigenvalue weighted by molar-refractivity contribution is 6.02. The lowest BCUT2D eigenvalue weighted by Crippen LogP contribution is -2.00. The van der Waals surface area contributed by atoms with Gasteiger partial charge >= 0.3 is 0 Å². The molecule has 0 unspecified atom stereocenters. The average molecular weight is 162 g/mol. The lowest BCUT2D eigenvalue weighted by atomic mass is 10.2. The second-order valence-corrected chi connectivity index (χ2v) is 2.20. The second-order valence-electron chi connectivity index (χ2n) is 2.20. The van der Waals surface area contributed by atoms with E-state index in [1.807, 2.05) is 0 Å². The zero-order chi connectivity index (χ0) is 8.81. The van der Waals surface area contributed by atoms with Crippen molar-refractivity contribution in [3.05, 3.63) is 42.4 Å². The summed E-state index contributed by atoms with van der Waals surface area (Å²) in [7, 11) is 1.74. The summed E-state index contributed by atoms with van der Waals surface area (Å²) < 4.78 is 0. The summed E-state index contributed by atoms with van der Waals surface area (Å²) in [5.41, 5.74) is 0.462. The number of allylic oxidation sites excluding steroid dienone is 1. The van der Waals surface area contributed by atoms with Crippen LogP contribution in [0.4, 0.5) is 0 Å². The Morgan fingerprint density at radius 3 is 3.00 bits per heavy atom. The molecule has 0 radical (unpaired) electrons. The fourth-order valence-corrected chi connectivity index (χ4v) is 0.753. The number of carbonyl (C=O) groups is 1. The van der Waals surface area contributed by atoms with Crippen molar-refractivity contribution >= 4 is 5.78 Å². The predicted octanol–water partition coefficient (Wildman–Crippen LogP) is 0.997. The van der Waals surface area contributed by atoms with E-state index in [0.717, 1.165) is 0 Å². The maximum Gasteiger partial charge on any atom is 0.205 e. The number of carbonyl (C=O) groups excluding carboxylic acids is 1. The van der Waals surface area contributed by atoms with Crippen LogP contribution in [-0.4, -0.2) is 17.8 Å². The van der Waals surface area contributed by atoms with Crippen molar-refractivity contribution in [2.45, 2.75) is 0 Å². The first-order valence-corrected chi connectivity index (χ1v) is 3.64. The van der Waals surface area contributed by atoms with Gasteiger partial charge in [-0.3, -0.25) is 9.78 Å². The van der Waals surface area contributed by atoms with Gasteiger partial charge in [0.2, 0.25) is 5.78 Å². The molecule has 1 aromatic rings. The first-order valence-electron chi connectivity index (χ1n) is 3.64. The van der Waals surface area contributed by atoms with E-state index in [-0.39, 0.29) is 5.78 Å². The minimum absolute atomic E-state index is 0.0926. The molecule has 3 heteroatoms. The zero-order valence-electron chi connectivity index (χ0n) is 6.82. The van der Waals surface area contributed by atoms with Gasteiger partial charge in [0, 0.05) is 25.5 Å². The van der Waals surface area contributed by atoms with Crippen LogP contribution < -0.4 is 5.32 Å². The molecule has 0 bridgehead atoms. The van der Waals surface area contributed by atoms with Crippen LogP contribution in [0.2, 0.25) is 0 Å². The molecule has 1 rings (SSSR count). The van der Waals surface area contributed by atoms with E-state index in [1.165, 1.54) is 6.08 Å². The molecule has 1 heterocycles. The third-order valence-corrected chi connectivity index (χ3v) is 1.32. The smallest absolute Gasteiger partial charge is 0.205 e. The van der Waals surface area contributed by atoms with Gasteiger partial charge in [0.05, 0.1) is 0 Å². The Hall–Kier alpha value is -1.64. The molecule has 0 saturated heterocycles. The Bertz CT molecular complexity index is 280. The highest BCUT2D eigenvalue weighted by atomic mass is 16.1. The number of aromatic nitrogens is 1. The van der Waals surface area contributed by atoms with E-state index in [4.69, 9.17) is 0 Å². The van der Waals surface area contributed by atoms with Crippen molar-refractivity contribution in [1.82, 2.24) is 10.3 Å². The van der Waals surface area contributed by atoms with Gasteiger partial charge < -0.3 is 5.32 Å². The summed E-state index contributed by atoms with van der Waals surface area (Å²) in [5, 5.41) is 2.74. The van der Waals surface area contributed by atoms with E-state index in [9.17, 15) is 4.79 Å². The lowest BCUT2D eigenvalue weighted by molar-refractivity contribution is 0.104. The Morgan fingerprint density at radius 2 is 2.42 bits per heavy atom. The molecule has 3 nitrogen and oxygen atoms in total. The molecular weight excluding hydrogens is 152 g/mol. The molecule has 0 aliphatic heterocycles. The zero-order valence-corrected chi connectivity index (χ0v) is 6.82. The van der Waals surface area contributed by atoms with Crippen LogP contribution in [0, 0.1) is 0 Å². The summed E-state index contributed by atoms with van der Waals surface area (Å²) >= 11 is 0. The van der Waals surface area contributed by atoms with Crippen LogP contribution in [0.3, 0.4) is 0 Å². The molecule has 0 aliphatic carbocycles. The van der Waals surface area contributed by atoms with Crippen LogP contribution in [0.15, 0.2) is 36.7 Å². The first kappa shape index (κ1) is 8.46. The Labute approximate surface area is 71.1 Å². The van der Waals surface area contributed by atoms with Crippen molar-refractivity contribution in [3.63, 3.8) is 0 Å². The second kappa shape index (κ2) is 4.28. The standard InChI is InChI=1S/C9H10N2O/c1-10-7-5-9(12)8-4-2-3-6-11-8/h2-7,10H,1H3/b7-5-. The van der Waals surface area contributed by atoms with E-state index in [0.29, 0.717) is 5.69 Å². The van der Waals surface area contributed by atoms with Gasteiger partial charge in [-0.25, -0.2) is 0 Å². The molecule has 0 atom stereocenters. The van der Waals surface area contributed by atoms with Crippen LogP contribution in [0.5, 0.6) is 0 Å². The van der Waals surface area contributed by atoms with Gasteiger partial charge in [0.15, 0.2) is 0 Å². The fraction of sp³-hybridized carbons (Fsp3) is 0.111. The van der Waals surface area contributed by atoms with Crippen molar-refractivity contribution in [3.8, 4) is 0 Å². The van der Waals surface area contributed by atoms with Gasteiger partial charge in [-0.15, -0.1) is 0 Å². The largest absolute Gasteiger partial charge is 0.394 e. The molecule has 0 amide bonds. The topological polar surface area (TPSA) is 42.0 Å². The molecule has 0 fully saturated rings. The van der Waals surface area contributed by atoms with Gasteiger partial charge in [0.25, 0.3) is 0 Å². The van der Waals surface area contributed by atoms with Gasteiger partial charge in [0.1, 0.15) is 5.69 Å². The molecular formula is C9H10N2O. The molecule has 1 N–H and O–H groups in total. The summed E-state index contributed by atoms with van der Waals surface area (Å²) in [4.78, 5) is 15.1. The van der Waals surface area contributed by atoms with Crippen molar-refractivity contribution in [2.24, 2.45) is 0 Å². The molecule has 0 saturated carbocycles. The van der Waals surface area contributed by atoms with E-state index < -0.39 is 0 Å². The fourth-order valence-electron chi connectivity index (χ4n) is 0.753. The highest BCUT2D eigenvalue weighted by Crippen LogP contribution is 1.95. The monoisotopic (exact) mass is 162 g/mol. The normalized spacial score (nSPS) is 10.1. The maximum atomic E-state index is 11.2. The molecule has 0 spiro atoms. The molecule has 12 heavy (non-hydrogen) atoms. The van der Waals surface area contributed by atoms with Crippen LogP contribution >= 0.6 is 0 Å². The summed E-state index contributed by atoms with van der Waals surface area (Å²) in [6.45, 7) is 0. The van der Waals surface area contributed by atoms with E-state index in [2.05, 4.69) is 10.3 Å². The number of ketones is 1. The van der Waals surface area contributed by atoms with Crippen molar-refractivity contribution < 1.29 is 4.79 Å². The number of rotatable bonds is 3. The SMILES string of the molecule is CN/C=C\C(=O)c1ccccn1. The number of hydrogen-bond acceptors (Lipinski definition) is 3. The van der Waals surface area contributed by atoms with Crippen LogP contribution in [-0.2, 0) is 0 Å². The number of hydrogen-bond donors (Lipinski definition) is 1. The minimum atomic E-state index is -0.0926. The summed E-state index contributed by atoms with van der Waals surface area (Å²) in [6.07, 6.45) is 4.62. The minimum Gasteiger partial charge on any atom is -0.394 e. The van der Waals surface area contributed by atoms with Gasteiger partial charge in [-0.1, -0.05) is 6.07 Å². The van der Waals surface area contributed by atoms with Gasteiger partial charge in [-0.2, -0.15) is 0 Å².